The zero-order valence-electron chi connectivity index (χ0n) is 16.4. The predicted octanol–water partition coefficient (Wildman–Crippen LogP) is 2.07. The van der Waals surface area contributed by atoms with Crippen LogP contribution in [0.2, 0.25) is 0 Å². The van der Waals surface area contributed by atoms with Gasteiger partial charge in [-0.15, -0.1) is 13.2 Å². The maximum absolute atomic E-state index is 10.7. The van der Waals surface area contributed by atoms with E-state index >= 15 is 0 Å². The molecule has 4 N–H and O–H groups in total. The van der Waals surface area contributed by atoms with Gasteiger partial charge in [0, 0.05) is 12.6 Å². The Hall–Kier alpha value is -1.40. The quantitative estimate of drug-likeness (QED) is 0.621. The fourth-order valence-electron chi connectivity index (χ4n) is 3.49. The number of ether oxygens (including phenoxy) is 1. The van der Waals surface area contributed by atoms with Crippen molar-refractivity contribution in [2.45, 2.75) is 57.1 Å². The highest BCUT2D eigenvalue weighted by Gasteiger charge is 2.44. The topological polar surface area (TPSA) is 106 Å². The maximum Gasteiger partial charge on any atom is 0.165 e. The molecule has 0 aliphatic carbocycles. The fraction of sp³-hybridized carbons (Fsp3) is 0.632. The van der Waals surface area contributed by atoms with Crippen LogP contribution < -0.4 is 5.73 Å². The number of imidazole rings is 1. The molecule has 1 aliphatic heterocycles. The number of nitrogens with zero attached hydrogens (tertiary/aromatic N) is 3. The molecule has 4 atom stereocenters. The van der Waals surface area contributed by atoms with Gasteiger partial charge >= 0.3 is 0 Å². The molecule has 8 heteroatoms. The van der Waals surface area contributed by atoms with Gasteiger partial charge in [0.15, 0.2) is 11.9 Å². The van der Waals surface area contributed by atoms with Crippen LogP contribution in [0, 0.1) is 0 Å². The number of fused-ring (bicyclic) bond motifs is 1. The second kappa shape index (κ2) is 7.92. The van der Waals surface area contributed by atoms with Crippen LogP contribution in [-0.2, 0) is 11.2 Å². The summed E-state index contributed by atoms with van der Waals surface area (Å²) < 4.78 is 7.95. The molecule has 0 radical (unpaired) electrons. The van der Waals surface area contributed by atoms with Gasteiger partial charge in [-0.1, -0.05) is 13.3 Å². The number of nitrogens with two attached hydrogens (primary N) is 1. The number of aliphatic hydroxyl groups excluding tert-OH is 2. The van der Waals surface area contributed by atoms with Crippen LogP contribution in [-0.4, -0.2) is 68.9 Å². The van der Waals surface area contributed by atoms with Gasteiger partial charge < -0.3 is 20.7 Å². The number of pyridine rings is 1. The molecule has 2 aromatic rings. The monoisotopic (exact) mass is 394 g/mol. The highest BCUT2D eigenvalue weighted by molar-refractivity contribution is 7.72. The van der Waals surface area contributed by atoms with Gasteiger partial charge in [0.1, 0.15) is 23.5 Å². The van der Waals surface area contributed by atoms with Crippen molar-refractivity contribution in [2.75, 3.05) is 25.2 Å². The molecule has 3 rings (SSSR count). The van der Waals surface area contributed by atoms with Crippen LogP contribution in [0.4, 0.5) is 5.69 Å². The zero-order valence-corrected chi connectivity index (χ0v) is 17.3. The van der Waals surface area contributed by atoms with Crippen LogP contribution in [0.15, 0.2) is 12.3 Å². The molecule has 1 aliphatic rings. The largest absolute Gasteiger partial charge is 0.397 e. The van der Waals surface area contributed by atoms with E-state index < -0.39 is 31.4 Å². The Kier molecular flexibility index (Phi) is 5.96. The molecule has 0 aromatic carbocycles. The van der Waals surface area contributed by atoms with Crippen molar-refractivity contribution < 1.29 is 14.9 Å². The molecule has 3 heterocycles. The van der Waals surface area contributed by atoms with E-state index in [9.17, 15) is 10.2 Å². The molecule has 7 nitrogen and oxygen atoms in total. The number of aryl methyl sites for hydroxylation is 1. The summed E-state index contributed by atoms with van der Waals surface area (Å²) in [4.78, 5) is 9.09. The van der Waals surface area contributed by atoms with E-state index in [1.54, 1.807) is 12.3 Å². The Labute approximate surface area is 160 Å². The first-order valence-electron chi connectivity index (χ1n) is 9.53. The Morgan fingerprint density at radius 1 is 1.33 bits per heavy atom. The number of nitrogen functional groups attached to an aromatic ring is 1. The van der Waals surface area contributed by atoms with E-state index in [0.29, 0.717) is 23.3 Å². The lowest BCUT2D eigenvalue weighted by molar-refractivity contribution is -0.0368. The number of aromatic nitrogens is 3. The van der Waals surface area contributed by atoms with Crippen molar-refractivity contribution in [1.29, 1.82) is 0 Å². The van der Waals surface area contributed by atoms with Crippen molar-refractivity contribution in [2.24, 2.45) is 0 Å². The van der Waals surface area contributed by atoms with E-state index in [-0.39, 0.29) is 0 Å². The Bertz CT molecular complexity index is 847. The third-order valence-corrected chi connectivity index (χ3v) is 6.52. The van der Waals surface area contributed by atoms with Crippen LogP contribution >= 0.6 is 6.89 Å². The smallest absolute Gasteiger partial charge is 0.165 e. The van der Waals surface area contributed by atoms with Gasteiger partial charge in [-0.05, 0) is 38.4 Å². The highest BCUT2D eigenvalue weighted by Crippen LogP contribution is 2.40. The Morgan fingerprint density at radius 3 is 2.74 bits per heavy atom. The second-order valence-electron chi connectivity index (χ2n) is 8.07. The molecule has 0 spiro atoms. The molecule has 0 bridgehead atoms. The molecular formula is C19H31N4O3P. The summed E-state index contributed by atoms with van der Waals surface area (Å²) in [6.07, 6.45) is 6.99. The number of rotatable bonds is 7. The molecule has 0 saturated carbocycles. The zero-order chi connectivity index (χ0) is 19.8. The van der Waals surface area contributed by atoms with Crippen LogP contribution in [0.1, 0.15) is 38.2 Å². The van der Waals surface area contributed by atoms with Crippen molar-refractivity contribution >= 4 is 30.0 Å². The minimum Gasteiger partial charge on any atom is -0.397 e. The van der Waals surface area contributed by atoms with Crippen LogP contribution in [0.3, 0.4) is 0 Å². The molecule has 1 saturated heterocycles. The summed E-state index contributed by atoms with van der Waals surface area (Å²) in [6, 6.07) is 1.72. The average Bonchev–Trinajstić information content (AvgIpc) is 3.10. The lowest BCUT2D eigenvalue weighted by Gasteiger charge is -2.20. The van der Waals surface area contributed by atoms with Gasteiger partial charge in [0.2, 0.25) is 0 Å². The number of hydrogen-bond donors (Lipinski definition) is 3. The summed E-state index contributed by atoms with van der Waals surface area (Å²) in [6.45, 7) is 5.19. The van der Waals surface area contributed by atoms with E-state index in [2.05, 4.69) is 36.5 Å². The lowest BCUT2D eigenvalue weighted by atomic mass is 10.1. The fourth-order valence-corrected chi connectivity index (χ4v) is 4.44. The second-order valence-corrected chi connectivity index (χ2v) is 12.4. The molecule has 0 amide bonds. The first-order chi connectivity index (χ1) is 12.7. The van der Waals surface area contributed by atoms with Crippen LogP contribution in [0.5, 0.6) is 0 Å². The molecule has 1 fully saturated rings. The van der Waals surface area contributed by atoms with Gasteiger partial charge in [-0.25, -0.2) is 9.97 Å². The third-order valence-electron chi connectivity index (χ3n) is 5.05. The Morgan fingerprint density at radius 2 is 2.07 bits per heavy atom. The standard InChI is InChI=1S/C19H31N4O3P/c1-5-6-7-14-22-15-12(20)8-10-21-18(15)23(14)19-17(25)16(24)13(26-19)9-11-27(2,3)4/h8,10,13,16-17,19,24-25H,2,5-7,9,11H2,1,3-4H3,(H2,20,21)/t13?,16-,17-,19-/m1/s1. The SMILES string of the molecule is C=P(C)(C)CCC1O[C@@H](n2c(CCCC)nc3c(N)ccnc32)[C@H](O)[C@@H]1O. The van der Waals surface area contributed by atoms with E-state index in [1.807, 2.05) is 4.57 Å². The van der Waals surface area contributed by atoms with Crippen molar-refractivity contribution in [3.63, 3.8) is 0 Å². The lowest BCUT2D eigenvalue weighted by Crippen LogP contribution is -2.32. The summed E-state index contributed by atoms with van der Waals surface area (Å²) >= 11 is 0. The van der Waals surface area contributed by atoms with Gasteiger partial charge in [0.25, 0.3) is 0 Å². The van der Waals surface area contributed by atoms with Crippen molar-refractivity contribution in [3.8, 4) is 0 Å². The number of hydrogen-bond acceptors (Lipinski definition) is 6. The number of aliphatic hydroxyl groups is 2. The highest BCUT2D eigenvalue weighted by atomic mass is 31.2. The number of unbranched alkanes of at least 4 members (excludes halogenated alkanes) is 1. The molecule has 150 valence electrons. The molecule has 2 aromatic heterocycles. The summed E-state index contributed by atoms with van der Waals surface area (Å²) in [5.74, 6) is 0.777. The summed E-state index contributed by atoms with van der Waals surface area (Å²) in [5, 5.41) is 21.3. The van der Waals surface area contributed by atoms with E-state index in [1.165, 1.54) is 0 Å². The van der Waals surface area contributed by atoms with Crippen LogP contribution in [0.25, 0.3) is 11.2 Å². The molecular weight excluding hydrogens is 363 g/mol. The maximum atomic E-state index is 10.7. The first kappa shape index (κ1) is 20.3. The van der Waals surface area contributed by atoms with Crippen molar-refractivity contribution in [3.05, 3.63) is 18.1 Å². The minimum atomic E-state index is -1.24. The third kappa shape index (κ3) is 4.21. The first-order valence-corrected chi connectivity index (χ1v) is 12.6. The van der Waals surface area contributed by atoms with Crippen molar-refractivity contribution in [1.82, 2.24) is 14.5 Å². The average molecular weight is 394 g/mol. The summed E-state index contributed by atoms with van der Waals surface area (Å²) in [5.41, 5.74) is 7.82. The number of anilines is 1. The van der Waals surface area contributed by atoms with Gasteiger partial charge in [-0.2, -0.15) is 0 Å². The molecule has 1 unspecified atom stereocenters. The predicted molar refractivity (Wildman–Crippen MR) is 112 cm³/mol. The normalized spacial score (nSPS) is 26.1. The van der Waals surface area contributed by atoms with E-state index in [4.69, 9.17) is 10.5 Å². The summed E-state index contributed by atoms with van der Waals surface area (Å²) in [7, 11) is 0. The van der Waals surface area contributed by atoms with Gasteiger partial charge in [-0.3, -0.25) is 4.57 Å². The molecule has 27 heavy (non-hydrogen) atoms. The minimum absolute atomic E-state index is 0.427. The van der Waals surface area contributed by atoms with Gasteiger partial charge in [0.05, 0.1) is 11.8 Å². The Balaban J connectivity index is 1.95. The van der Waals surface area contributed by atoms with E-state index in [0.717, 1.165) is 31.2 Å².